The molecule has 2 unspecified atom stereocenters. The van der Waals surface area contributed by atoms with Crippen molar-refractivity contribution in [1.29, 1.82) is 0 Å². The summed E-state index contributed by atoms with van der Waals surface area (Å²) >= 11 is 0. The van der Waals surface area contributed by atoms with Crippen LogP contribution in [0.15, 0.2) is 4.99 Å². The number of terminal acetylenes is 1. The fraction of sp³-hybridized carbons (Fsp3) is 0.692. The molecule has 5 heteroatoms. The lowest BCUT2D eigenvalue weighted by Gasteiger charge is -2.27. The van der Waals surface area contributed by atoms with E-state index < -0.39 is 0 Å². The van der Waals surface area contributed by atoms with E-state index >= 15 is 0 Å². The summed E-state index contributed by atoms with van der Waals surface area (Å²) in [6.45, 7) is 1.45. The van der Waals surface area contributed by atoms with Crippen LogP contribution >= 0.6 is 0 Å². The predicted molar refractivity (Wildman–Crippen MR) is 68.7 cm³/mol. The number of aliphatic imine (C=N–C) groups is 1. The van der Waals surface area contributed by atoms with Crippen LogP contribution in [0.5, 0.6) is 0 Å². The minimum absolute atomic E-state index is 0.221. The van der Waals surface area contributed by atoms with Crippen LogP contribution < -0.4 is 10.6 Å². The highest BCUT2D eigenvalue weighted by Crippen LogP contribution is 2.28. The SMILES string of the molecule is C#CCNC(=O)NCC1CCCC(CN=C=O)C1. The molecule has 0 aliphatic heterocycles. The van der Waals surface area contributed by atoms with E-state index in [2.05, 4.69) is 21.5 Å². The Labute approximate surface area is 107 Å². The molecule has 0 aromatic rings. The van der Waals surface area contributed by atoms with Crippen molar-refractivity contribution in [2.45, 2.75) is 25.7 Å². The summed E-state index contributed by atoms with van der Waals surface area (Å²) in [5.74, 6) is 3.25. The highest BCUT2D eigenvalue weighted by molar-refractivity contribution is 5.74. The first-order valence-corrected chi connectivity index (χ1v) is 6.25. The number of isocyanates is 1. The molecule has 0 spiro atoms. The number of amides is 2. The van der Waals surface area contributed by atoms with Gasteiger partial charge >= 0.3 is 6.03 Å². The smallest absolute Gasteiger partial charge is 0.315 e. The van der Waals surface area contributed by atoms with Gasteiger partial charge in [-0.15, -0.1) is 6.42 Å². The summed E-state index contributed by atoms with van der Waals surface area (Å²) in [6, 6.07) is -0.221. The lowest BCUT2D eigenvalue weighted by Crippen LogP contribution is -2.39. The molecular formula is C13H19N3O2. The first-order chi connectivity index (χ1) is 8.76. The highest BCUT2D eigenvalue weighted by Gasteiger charge is 2.22. The maximum Gasteiger partial charge on any atom is 0.315 e. The second-order valence-electron chi connectivity index (χ2n) is 4.60. The van der Waals surface area contributed by atoms with E-state index in [4.69, 9.17) is 6.42 Å². The Morgan fingerprint density at radius 3 is 2.83 bits per heavy atom. The van der Waals surface area contributed by atoms with Crippen LogP contribution in [-0.2, 0) is 4.79 Å². The molecule has 2 N–H and O–H groups in total. The van der Waals surface area contributed by atoms with Gasteiger partial charge in [0.15, 0.2) is 0 Å². The quantitative estimate of drug-likeness (QED) is 0.434. The number of carbonyl (C=O) groups is 1. The fourth-order valence-corrected chi connectivity index (χ4v) is 2.35. The molecule has 0 bridgehead atoms. The number of carbonyl (C=O) groups excluding carboxylic acids is 2. The number of urea groups is 1. The number of nitrogens with one attached hydrogen (secondary N) is 2. The van der Waals surface area contributed by atoms with Crippen molar-refractivity contribution < 1.29 is 9.59 Å². The van der Waals surface area contributed by atoms with Crippen LogP contribution in [0.2, 0.25) is 0 Å². The van der Waals surface area contributed by atoms with E-state index in [1.807, 2.05) is 0 Å². The van der Waals surface area contributed by atoms with Gasteiger partial charge < -0.3 is 10.6 Å². The zero-order chi connectivity index (χ0) is 13.2. The minimum Gasteiger partial charge on any atom is -0.338 e. The Morgan fingerprint density at radius 2 is 2.11 bits per heavy atom. The topological polar surface area (TPSA) is 70.6 Å². The lowest BCUT2D eigenvalue weighted by atomic mass is 9.81. The van der Waals surface area contributed by atoms with Gasteiger partial charge in [0, 0.05) is 6.54 Å². The summed E-state index contributed by atoms with van der Waals surface area (Å²) in [6.07, 6.45) is 11.0. The van der Waals surface area contributed by atoms with Gasteiger partial charge in [-0.05, 0) is 31.1 Å². The highest BCUT2D eigenvalue weighted by atomic mass is 16.2. The van der Waals surface area contributed by atoms with Crippen molar-refractivity contribution in [2.75, 3.05) is 19.6 Å². The largest absolute Gasteiger partial charge is 0.338 e. The average molecular weight is 249 g/mol. The maximum atomic E-state index is 11.3. The van der Waals surface area contributed by atoms with Gasteiger partial charge in [0.25, 0.3) is 0 Å². The Bertz CT molecular complexity index is 356. The summed E-state index contributed by atoms with van der Waals surface area (Å²) < 4.78 is 0. The molecular weight excluding hydrogens is 230 g/mol. The molecule has 1 fully saturated rings. The predicted octanol–water partition coefficient (Wildman–Crippen LogP) is 1.06. The number of hydrogen-bond donors (Lipinski definition) is 2. The third kappa shape index (κ3) is 5.51. The van der Waals surface area contributed by atoms with Gasteiger partial charge in [0.1, 0.15) is 0 Å². The van der Waals surface area contributed by atoms with Crippen LogP contribution in [0.25, 0.3) is 0 Å². The van der Waals surface area contributed by atoms with Crippen LogP contribution in [0.4, 0.5) is 4.79 Å². The van der Waals surface area contributed by atoms with Crippen LogP contribution in [0, 0.1) is 24.2 Å². The maximum absolute atomic E-state index is 11.3. The van der Waals surface area contributed by atoms with Gasteiger partial charge in [0.2, 0.25) is 6.08 Å². The summed E-state index contributed by atoms with van der Waals surface area (Å²) in [4.78, 5) is 25.0. The number of nitrogens with zero attached hydrogens (tertiary/aromatic N) is 1. The second-order valence-corrected chi connectivity index (χ2v) is 4.60. The molecule has 5 nitrogen and oxygen atoms in total. The first kappa shape index (κ1) is 14.3. The molecule has 1 saturated carbocycles. The van der Waals surface area contributed by atoms with Crippen LogP contribution in [0.3, 0.4) is 0 Å². The number of rotatable bonds is 5. The van der Waals surface area contributed by atoms with Gasteiger partial charge in [-0.2, -0.15) is 0 Å². The molecule has 1 aliphatic carbocycles. The fourth-order valence-electron chi connectivity index (χ4n) is 2.35. The molecule has 0 saturated heterocycles. The van der Waals surface area contributed by atoms with Crippen molar-refractivity contribution >= 4 is 12.1 Å². The van der Waals surface area contributed by atoms with E-state index in [9.17, 15) is 9.59 Å². The summed E-state index contributed by atoms with van der Waals surface area (Å²) in [5.41, 5.74) is 0. The van der Waals surface area contributed by atoms with Crippen molar-refractivity contribution in [1.82, 2.24) is 10.6 Å². The zero-order valence-corrected chi connectivity index (χ0v) is 10.4. The average Bonchev–Trinajstić information content (AvgIpc) is 2.41. The van der Waals surface area contributed by atoms with Crippen molar-refractivity contribution in [2.24, 2.45) is 16.8 Å². The standard InChI is InChI=1S/C13H19N3O2/c1-2-6-15-13(18)16-9-12-5-3-4-11(7-12)8-14-10-17/h1,11-12H,3-9H2,(H2,15,16,18). The zero-order valence-electron chi connectivity index (χ0n) is 10.4. The monoisotopic (exact) mass is 249 g/mol. The van der Waals surface area contributed by atoms with Gasteiger partial charge in [-0.25, -0.2) is 14.6 Å². The third-order valence-electron chi connectivity index (χ3n) is 3.21. The normalized spacial score (nSPS) is 22.4. The Balaban J connectivity index is 2.23. The molecule has 2 amide bonds. The number of hydrogen-bond acceptors (Lipinski definition) is 3. The van der Waals surface area contributed by atoms with Crippen molar-refractivity contribution in [3.8, 4) is 12.3 Å². The second kappa shape index (κ2) is 8.32. The van der Waals surface area contributed by atoms with Gasteiger partial charge in [-0.3, -0.25) is 0 Å². The molecule has 18 heavy (non-hydrogen) atoms. The summed E-state index contributed by atoms with van der Waals surface area (Å²) in [5, 5.41) is 5.37. The molecule has 2 atom stereocenters. The molecule has 0 heterocycles. The van der Waals surface area contributed by atoms with Crippen molar-refractivity contribution in [3.63, 3.8) is 0 Å². The third-order valence-corrected chi connectivity index (χ3v) is 3.21. The van der Waals surface area contributed by atoms with E-state index in [1.165, 1.54) is 0 Å². The van der Waals surface area contributed by atoms with Crippen LogP contribution in [-0.4, -0.2) is 31.7 Å². The molecule has 0 radical (unpaired) electrons. The van der Waals surface area contributed by atoms with Crippen LogP contribution in [0.1, 0.15) is 25.7 Å². The van der Waals surface area contributed by atoms with Gasteiger partial charge in [-0.1, -0.05) is 12.3 Å². The minimum atomic E-state index is -0.221. The van der Waals surface area contributed by atoms with E-state index in [0.717, 1.165) is 25.7 Å². The van der Waals surface area contributed by atoms with E-state index in [0.29, 0.717) is 24.9 Å². The Hall–Kier alpha value is -1.79. The van der Waals surface area contributed by atoms with E-state index in [1.54, 1.807) is 6.08 Å². The van der Waals surface area contributed by atoms with Crippen molar-refractivity contribution in [3.05, 3.63) is 0 Å². The molecule has 1 aliphatic rings. The Kier molecular flexibility index (Phi) is 6.60. The lowest BCUT2D eigenvalue weighted by molar-refractivity contribution is 0.230. The molecule has 98 valence electrons. The summed E-state index contributed by atoms with van der Waals surface area (Å²) in [7, 11) is 0. The molecule has 0 aromatic heterocycles. The first-order valence-electron chi connectivity index (χ1n) is 6.25. The van der Waals surface area contributed by atoms with E-state index in [-0.39, 0.29) is 12.6 Å². The Morgan fingerprint density at radius 1 is 1.33 bits per heavy atom. The van der Waals surface area contributed by atoms with Gasteiger partial charge in [0.05, 0.1) is 13.1 Å². The molecule has 0 aromatic carbocycles. The molecule has 1 rings (SSSR count).